The van der Waals surface area contributed by atoms with Crippen molar-refractivity contribution in [2.24, 2.45) is 5.92 Å². The van der Waals surface area contributed by atoms with Gasteiger partial charge in [0, 0.05) is 31.4 Å². The zero-order chi connectivity index (χ0) is 20.9. The maximum Gasteiger partial charge on any atom is 0.225 e. The van der Waals surface area contributed by atoms with Gasteiger partial charge >= 0.3 is 0 Å². The quantitative estimate of drug-likeness (QED) is 0.695. The molecule has 1 aromatic heterocycles. The van der Waals surface area contributed by atoms with Crippen LogP contribution in [0.2, 0.25) is 0 Å². The topological polar surface area (TPSA) is 58.1 Å². The van der Waals surface area contributed by atoms with Gasteiger partial charge in [-0.1, -0.05) is 42.0 Å². The van der Waals surface area contributed by atoms with Crippen molar-refractivity contribution < 1.29 is 9.18 Å². The number of nitrogens with one attached hydrogen (secondary N) is 1. The molecule has 3 aromatic rings. The van der Waals surface area contributed by atoms with Crippen LogP contribution in [0.3, 0.4) is 0 Å². The zero-order valence-electron chi connectivity index (χ0n) is 17.0. The average molecular weight is 404 g/mol. The van der Waals surface area contributed by atoms with Crippen molar-refractivity contribution in [2.45, 2.75) is 26.3 Å². The fraction of sp³-hybridized carbons (Fsp3) is 0.292. The van der Waals surface area contributed by atoms with Crippen molar-refractivity contribution in [2.75, 3.05) is 18.0 Å². The highest BCUT2D eigenvalue weighted by molar-refractivity contribution is 5.79. The van der Waals surface area contributed by atoms with E-state index >= 15 is 0 Å². The molecule has 0 aliphatic carbocycles. The summed E-state index contributed by atoms with van der Waals surface area (Å²) < 4.78 is 13.6. The highest BCUT2D eigenvalue weighted by Gasteiger charge is 2.26. The predicted octanol–water partition coefficient (Wildman–Crippen LogP) is 4.12. The fourth-order valence-corrected chi connectivity index (χ4v) is 3.73. The van der Waals surface area contributed by atoms with Crippen LogP contribution in [0.15, 0.2) is 60.8 Å². The summed E-state index contributed by atoms with van der Waals surface area (Å²) in [4.78, 5) is 23.7. The number of carbonyl (C=O) groups excluding carboxylic acids is 1. The van der Waals surface area contributed by atoms with Crippen molar-refractivity contribution in [3.05, 3.63) is 77.7 Å². The summed E-state index contributed by atoms with van der Waals surface area (Å²) in [6.07, 6.45) is 3.46. The maximum absolute atomic E-state index is 13.6. The van der Waals surface area contributed by atoms with Crippen LogP contribution in [0, 0.1) is 18.7 Å². The Morgan fingerprint density at radius 3 is 2.83 bits per heavy atom. The average Bonchev–Trinajstić information content (AvgIpc) is 2.79. The Morgan fingerprint density at radius 2 is 2.03 bits per heavy atom. The lowest BCUT2D eigenvalue weighted by Crippen LogP contribution is -2.43. The number of piperidine rings is 1. The molecule has 1 amide bonds. The van der Waals surface area contributed by atoms with Crippen molar-refractivity contribution in [3.8, 4) is 11.4 Å². The minimum Gasteiger partial charge on any atom is -0.356 e. The molecule has 6 heteroatoms. The van der Waals surface area contributed by atoms with E-state index in [0.29, 0.717) is 24.5 Å². The third kappa shape index (κ3) is 4.82. The van der Waals surface area contributed by atoms with E-state index in [1.165, 1.54) is 17.7 Å². The number of aromatic nitrogens is 2. The Hall–Kier alpha value is -3.28. The monoisotopic (exact) mass is 404 g/mol. The summed E-state index contributed by atoms with van der Waals surface area (Å²) in [5, 5.41) is 3.06. The van der Waals surface area contributed by atoms with Gasteiger partial charge in [0.25, 0.3) is 0 Å². The summed E-state index contributed by atoms with van der Waals surface area (Å²) in [6, 6.07) is 16.3. The predicted molar refractivity (Wildman–Crippen MR) is 115 cm³/mol. The molecule has 1 fully saturated rings. The number of anilines is 1. The highest BCUT2D eigenvalue weighted by Crippen LogP contribution is 2.24. The SMILES string of the molecule is Cc1ccc(CNC(=O)[C@H]2CCCN(c3ccnc(-c4cccc(F)c4)n3)C2)cc1. The van der Waals surface area contributed by atoms with Crippen molar-refractivity contribution >= 4 is 11.7 Å². The molecule has 0 unspecified atom stereocenters. The molecule has 4 rings (SSSR count). The molecule has 1 atom stereocenters. The molecule has 1 aliphatic rings. The minimum absolute atomic E-state index is 0.0692. The molecular formula is C24H25FN4O. The number of hydrogen-bond donors (Lipinski definition) is 1. The van der Waals surface area contributed by atoms with Crippen LogP contribution in [0.1, 0.15) is 24.0 Å². The maximum atomic E-state index is 13.6. The highest BCUT2D eigenvalue weighted by atomic mass is 19.1. The molecule has 154 valence electrons. The van der Waals surface area contributed by atoms with E-state index < -0.39 is 0 Å². The van der Waals surface area contributed by atoms with E-state index in [1.807, 2.05) is 25.1 Å². The number of nitrogens with zero attached hydrogens (tertiary/aromatic N) is 3. The number of aryl methyl sites for hydroxylation is 1. The van der Waals surface area contributed by atoms with Crippen LogP contribution in [0.25, 0.3) is 11.4 Å². The Labute approximate surface area is 176 Å². The zero-order valence-corrected chi connectivity index (χ0v) is 17.0. The lowest BCUT2D eigenvalue weighted by atomic mass is 9.97. The second-order valence-corrected chi connectivity index (χ2v) is 7.74. The van der Waals surface area contributed by atoms with E-state index in [-0.39, 0.29) is 17.6 Å². The molecule has 0 bridgehead atoms. The van der Waals surface area contributed by atoms with Gasteiger partial charge in [-0.15, -0.1) is 0 Å². The molecule has 2 aromatic carbocycles. The first-order valence-electron chi connectivity index (χ1n) is 10.3. The van der Waals surface area contributed by atoms with E-state index in [2.05, 4.69) is 32.3 Å². The summed E-state index contributed by atoms with van der Waals surface area (Å²) in [5.74, 6) is 0.916. The van der Waals surface area contributed by atoms with Gasteiger partial charge in [0.05, 0.1) is 5.92 Å². The van der Waals surface area contributed by atoms with Gasteiger partial charge in [-0.05, 0) is 43.5 Å². The number of benzene rings is 2. The molecule has 5 nitrogen and oxygen atoms in total. The fourth-order valence-electron chi connectivity index (χ4n) is 3.73. The van der Waals surface area contributed by atoms with Crippen LogP contribution in [0.5, 0.6) is 0 Å². The van der Waals surface area contributed by atoms with Crippen molar-refractivity contribution in [1.82, 2.24) is 15.3 Å². The van der Waals surface area contributed by atoms with Gasteiger partial charge in [0.15, 0.2) is 5.82 Å². The first-order valence-corrected chi connectivity index (χ1v) is 10.3. The van der Waals surface area contributed by atoms with Gasteiger partial charge in [-0.25, -0.2) is 14.4 Å². The van der Waals surface area contributed by atoms with Gasteiger partial charge in [-0.2, -0.15) is 0 Å². The Morgan fingerprint density at radius 1 is 1.20 bits per heavy atom. The molecule has 1 N–H and O–H groups in total. The molecule has 1 aliphatic heterocycles. The molecule has 0 spiro atoms. The summed E-state index contributed by atoms with van der Waals surface area (Å²) >= 11 is 0. The number of hydrogen-bond acceptors (Lipinski definition) is 4. The minimum atomic E-state index is -0.315. The van der Waals surface area contributed by atoms with Crippen molar-refractivity contribution in [1.29, 1.82) is 0 Å². The molecule has 0 saturated carbocycles. The molecule has 2 heterocycles. The molecule has 30 heavy (non-hydrogen) atoms. The van der Waals surface area contributed by atoms with E-state index in [0.717, 1.165) is 30.8 Å². The number of rotatable bonds is 5. The second kappa shape index (κ2) is 9.03. The molecule has 1 saturated heterocycles. The molecule has 0 radical (unpaired) electrons. The van der Waals surface area contributed by atoms with Gasteiger partial charge < -0.3 is 10.2 Å². The Kier molecular flexibility index (Phi) is 6.02. The first-order chi connectivity index (χ1) is 14.6. The van der Waals surface area contributed by atoms with Gasteiger partial charge in [0.1, 0.15) is 11.6 Å². The third-order valence-electron chi connectivity index (χ3n) is 5.43. The lowest BCUT2D eigenvalue weighted by molar-refractivity contribution is -0.125. The van der Waals surface area contributed by atoms with Crippen LogP contribution >= 0.6 is 0 Å². The normalized spacial score (nSPS) is 16.3. The largest absolute Gasteiger partial charge is 0.356 e. The van der Waals surface area contributed by atoms with Crippen LogP contribution < -0.4 is 10.2 Å². The van der Waals surface area contributed by atoms with Crippen LogP contribution in [-0.4, -0.2) is 29.0 Å². The standard InChI is InChI=1S/C24H25FN4O/c1-17-7-9-18(10-8-17)15-27-24(30)20-5-3-13-29(16-20)22-11-12-26-23(28-22)19-4-2-6-21(25)14-19/h2,4,6-12,14,20H,3,5,13,15-16H2,1H3,(H,27,30)/t20-/m0/s1. The second-order valence-electron chi connectivity index (χ2n) is 7.74. The Balaban J connectivity index is 1.41. The molecular weight excluding hydrogens is 379 g/mol. The lowest BCUT2D eigenvalue weighted by Gasteiger charge is -2.33. The summed E-state index contributed by atoms with van der Waals surface area (Å²) in [5.41, 5.74) is 2.94. The van der Waals surface area contributed by atoms with Crippen LogP contribution in [-0.2, 0) is 11.3 Å². The number of carbonyl (C=O) groups is 1. The summed E-state index contributed by atoms with van der Waals surface area (Å²) in [6.45, 7) is 4.03. The smallest absolute Gasteiger partial charge is 0.225 e. The summed E-state index contributed by atoms with van der Waals surface area (Å²) in [7, 11) is 0. The Bertz CT molecular complexity index is 1020. The number of halogens is 1. The van der Waals surface area contributed by atoms with Gasteiger partial charge in [-0.3, -0.25) is 4.79 Å². The van der Waals surface area contributed by atoms with E-state index in [1.54, 1.807) is 18.3 Å². The number of amides is 1. The van der Waals surface area contributed by atoms with E-state index in [9.17, 15) is 9.18 Å². The van der Waals surface area contributed by atoms with Crippen molar-refractivity contribution in [3.63, 3.8) is 0 Å². The van der Waals surface area contributed by atoms with Gasteiger partial charge in [0.2, 0.25) is 5.91 Å². The third-order valence-corrected chi connectivity index (χ3v) is 5.43. The van der Waals surface area contributed by atoms with Crippen LogP contribution in [0.4, 0.5) is 10.2 Å². The van der Waals surface area contributed by atoms with E-state index in [4.69, 9.17) is 0 Å². The first kappa shape index (κ1) is 20.0.